The Kier molecular flexibility index (Phi) is 3.82. The molecule has 1 aliphatic rings. The smallest absolute Gasteiger partial charge is 0.0105 e. The molecule has 2 nitrogen and oxygen atoms in total. The maximum atomic E-state index is 2.53. The van der Waals surface area contributed by atoms with Crippen LogP contribution < -0.4 is 6.15 Å². The third-order valence-electron chi connectivity index (χ3n) is 2.14. The lowest BCUT2D eigenvalue weighted by Crippen LogP contribution is -2.46. The zero-order valence-electron chi connectivity index (χ0n) is 6.56. The SMILES string of the molecule is CCC1CCN1CC.N. The summed E-state index contributed by atoms with van der Waals surface area (Å²) >= 11 is 0. The Balaban J connectivity index is 0.000000640. The van der Waals surface area contributed by atoms with Gasteiger partial charge < -0.3 is 11.1 Å². The van der Waals surface area contributed by atoms with Gasteiger partial charge in [-0.1, -0.05) is 13.8 Å². The van der Waals surface area contributed by atoms with Crippen LogP contribution in [-0.2, 0) is 0 Å². The molecule has 0 saturated carbocycles. The maximum Gasteiger partial charge on any atom is 0.0105 e. The summed E-state index contributed by atoms with van der Waals surface area (Å²) in [6.45, 7) is 7.10. The summed E-state index contributed by atoms with van der Waals surface area (Å²) in [6, 6.07) is 0.931. The quantitative estimate of drug-likeness (QED) is 0.617. The molecule has 0 aromatic heterocycles. The van der Waals surface area contributed by atoms with Crippen molar-refractivity contribution >= 4 is 0 Å². The maximum absolute atomic E-state index is 2.53. The third-order valence-corrected chi connectivity index (χ3v) is 2.14. The minimum absolute atomic E-state index is 0. The van der Waals surface area contributed by atoms with Crippen molar-refractivity contribution in [1.82, 2.24) is 11.1 Å². The average molecular weight is 130 g/mol. The highest BCUT2D eigenvalue weighted by molar-refractivity contribution is 4.79. The second-order valence-electron chi connectivity index (χ2n) is 2.48. The largest absolute Gasteiger partial charge is 0.344 e. The van der Waals surface area contributed by atoms with Gasteiger partial charge >= 0.3 is 0 Å². The van der Waals surface area contributed by atoms with Crippen molar-refractivity contribution in [3.63, 3.8) is 0 Å². The Morgan fingerprint density at radius 3 is 2.22 bits per heavy atom. The number of rotatable bonds is 2. The van der Waals surface area contributed by atoms with Crippen LogP contribution in [-0.4, -0.2) is 24.0 Å². The fourth-order valence-corrected chi connectivity index (χ4v) is 1.37. The lowest BCUT2D eigenvalue weighted by atomic mass is 10.0. The highest BCUT2D eigenvalue weighted by Crippen LogP contribution is 2.18. The fourth-order valence-electron chi connectivity index (χ4n) is 1.37. The summed E-state index contributed by atoms with van der Waals surface area (Å²) in [4.78, 5) is 2.53. The predicted molar refractivity (Wildman–Crippen MR) is 41.0 cm³/mol. The Hall–Kier alpha value is -0.0800. The van der Waals surface area contributed by atoms with Crippen LogP contribution in [0.3, 0.4) is 0 Å². The summed E-state index contributed by atoms with van der Waals surface area (Å²) in [6.07, 6.45) is 2.78. The Labute approximate surface area is 57.8 Å². The first kappa shape index (κ1) is 8.92. The molecule has 56 valence electrons. The van der Waals surface area contributed by atoms with Gasteiger partial charge in [0.15, 0.2) is 0 Å². The molecule has 0 aromatic carbocycles. The van der Waals surface area contributed by atoms with E-state index in [2.05, 4.69) is 18.7 Å². The van der Waals surface area contributed by atoms with Crippen LogP contribution in [0.5, 0.6) is 0 Å². The van der Waals surface area contributed by atoms with Gasteiger partial charge in [-0.3, -0.25) is 0 Å². The standard InChI is InChI=1S/C7H15N.H3N/c1-3-7-5-6-8(7)4-2;/h7H,3-6H2,1-2H3;1H3. The van der Waals surface area contributed by atoms with E-state index in [4.69, 9.17) is 0 Å². The van der Waals surface area contributed by atoms with E-state index in [0.717, 1.165) is 6.04 Å². The molecule has 1 aliphatic heterocycles. The van der Waals surface area contributed by atoms with E-state index in [0.29, 0.717) is 0 Å². The molecule has 3 N–H and O–H groups in total. The summed E-state index contributed by atoms with van der Waals surface area (Å²) in [5.41, 5.74) is 0. The van der Waals surface area contributed by atoms with Crippen LogP contribution in [0.4, 0.5) is 0 Å². The second kappa shape index (κ2) is 3.85. The van der Waals surface area contributed by atoms with Gasteiger partial charge in [0.1, 0.15) is 0 Å². The molecule has 1 unspecified atom stereocenters. The van der Waals surface area contributed by atoms with Gasteiger partial charge in [0.05, 0.1) is 0 Å². The van der Waals surface area contributed by atoms with Crippen molar-refractivity contribution in [3.05, 3.63) is 0 Å². The molecule has 0 amide bonds. The fraction of sp³-hybridized carbons (Fsp3) is 1.00. The lowest BCUT2D eigenvalue weighted by molar-refractivity contribution is 0.0950. The topological polar surface area (TPSA) is 38.2 Å². The number of hydrogen-bond acceptors (Lipinski definition) is 2. The molecule has 0 spiro atoms. The van der Waals surface area contributed by atoms with Crippen LogP contribution in [0.25, 0.3) is 0 Å². The first-order valence-electron chi connectivity index (χ1n) is 3.62. The van der Waals surface area contributed by atoms with Gasteiger partial charge in [-0.25, -0.2) is 0 Å². The van der Waals surface area contributed by atoms with E-state index < -0.39 is 0 Å². The summed E-state index contributed by atoms with van der Waals surface area (Å²) in [7, 11) is 0. The number of likely N-dealkylation sites (tertiary alicyclic amines) is 1. The van der Waals surface area contributed by atoms with Gasteiger partial charge in [0.25, 0.3) is 0 Å². The van der Waals surface area contributed by atoms with E-state index >= 15 is 0 Å². The predicted octanol–water partition coefficient (Wildman–Crippen LogP) is 1.65. The monoisotopic (exact) mass is 130 g/mol. The van der Waals surface area contributed by atoms with Gasteiger partial charge in [-0.2, -0.15) is 0 Å². The van der Waals surface area contributed by atoms with Crippen molar-refractivity contribution in [2.45, 2.75) is 32.7 Å². The van der Waals surface area contributed by atoms with E-state index in [1.807, 2.05) is 0 Å². The van der Waals surface area contributed by atoms with Gasteiger partial charge in [-0.05, 0) is 25.9 Å². The van der Waals surface area contributed by atoms with Crippen LogP contribution in [0.2, 0.25) is 0 Å². The van der Waals surface area contributed by atoms with Crippen molar-refractivity contribution in [1.29, 1.82) is 0 Å². The molecule has 1 fully saturated rings. The Morgan fingerprint density at radius 2 is 2.11 bits per heavy atom. The van der Waals surface area contributed by atoms with Crippen LogP contribution in [0.15, 0.2) is 0 Å². The van der Waals surface area contributed by atoms with Crippen molar-refractivity contribution in [3.8, 4) is 0 Å². The Morgan fingerprint density at radius 1 is 1.44 bits per heavy atom. The summed E-state index contributed by atoms with van der Waals surface area (Å²) in [5, 5.41) is 0. The molecule has 0 aromatic rings. The molecule has 0 radical (unpaired) electrons. The number of nitrogens with zero attached hydrogens (tertiary/aromatic N) is 1. The van der Waals surface area contributed by atoms with Crippen molar-refractivity contribution < 1.29 is 0 Å². The van der Waals surface area contributed by atoms with E-state index in [9.17, 15) is 0 Å². The molecule has 2 heteroatoms. The average Bonchev–Trinajstić information content (AvgIpc) is 1.66. The molecule has 1 saturated heterocycles. The summed E-state index contributed by atoms with van der Waals surface area (Å²) < 4.78 is 0. The highest BCUT2D eigenvalue weighted by Gasteiger charge is 2.23. The van der Waals surface area contributed by atoms with Crippen molar-refractivity contribution in [2.75, 3.05) is 13.1 Å². The zero-order chi connectivity index (χ0) is 5.98. The first-order chi connectivity index (χ1) is 3.88. The molecular weight excluding hydrogens is 112 g/mol. The first-order valence-corrected chi connectivity index (χ1v) is 3.62. The minimum atomic E-state index is 0. The van der Waals surface area contributed by atoms with Gasteiger partial charge in [0.2, 0.25) is 0 Å². The lowest BCUT2D eigenvalue weighted by Gasteiger charge is -2.39. The normalized spacial score (nSPS) is 26.7. The van der Waals surface area contributed by atoms with Crippen molar-refractivity contribution in [2.24, 2.45) is 0 Å². The number of hydrogen-bond donors (Lipinski definition) is 1. The van der Waals surface area contributed by atoms with Crippen LogP contribution >= 0.6 is 0 Å². The van der Waals surface area contributed by atoms with Crippen LogP contribution in [0, 0.1) is 0 Å². The molecule has 0 bridgehead atoms. The third kappa shape index (κ3) is 1.66. The minimum Gasteiger partial charge on any atom is -0.344 e. The molecule has 1 rings (SSSR count). The van der Waals surface area contributed by atoms with E-state index in [-0.39, 0.29) is 6.15 Å². The zero-order valence-corrected chi connectivity index (χ0v) is 6.56. The second-order valence-corrected chi connectivity index (χ2v) is 2.48. The van der Waals surface area contributed by atoms with E-state index in [1.165, 1.54) is 25.9 Å². The highest BCUT2D eigenvalue weighted by atomic mass is 15.2. The summed E-state index contributed by atoms with van der Waals surface area (Å²) in [5.74, 6) is 0. The van der Waals surface area contributed by atoms with E-state index in [1.54, 1.807) is 0 Å². The molecular formula is C7H18N2. The van der Waals surface area contributed by atoms with Crippen LogP contribution in [0.1, 0.15) is 26.7 Å². The molecule has 0 aliphatic carbocycles. The molecule has 9 heavy (non-hydrogen) atoms. The molecule has 1 heterocycles. The van der Waals surface area contributed by atoms with Gasteiger partial charge in [0, 0.05) is 6.04 Å². The molecule has 1 atom stereocenters. The Bertz CT molecular complexity index is 59.3. The van der Waals surface area contributed by atoms with Gasteiger partial charge in [-0.15, -0.1) is 0 Å².